The van der Waals surface area contributed by atoms with Crippen molar-refractivity contribution in [1.82, 2.24) is 14.5 Å². The number of fused-ring (bicyclic) bond motifs is 1. The highest BCUT2D eigenvalue weighted by Gasteiger charge is 2.15. The summed E-state index contributed by atoms with van der Waals surface area (Å²) in [6, 6.07) is 14.0. The van der Waals surface area contributed by atoms with E-state index in [9.17, 15) is 14.3 Å². The van der Waals surface area contributed by atoms with Gasteiger partial charge < -0.3 is 19.7 Å². The van der Waals surface area contributed by atoms with Crippen LogP contribution in [0, 0.1) is 5.82 Å². The van der Waals surface area contributed by atoms with Crippen LogP contribution < -0.4 is 10.1 Å². The third kappa shape index (κ3) is 5.28. The number of carboxylic acid groups (broad SMARTS) is 1. The number of aromatic carboxylic acids is 1. The van der Waals surface area contributed by atoms with Crippen molar-refractivity contribution in [3.05, 3.63) is 83.6 Å². The van der Waals surface area contributed by atoms with Gasteiger partial charge in [-0.2, -0.15) is 0 Å². The average Bonchev–Trinajstić information content (AvgIpc) is 3.19. The second-order valence-corrected chi connectivity index (χ2v) is 7.55. The van der Waals surface area contributed by atoms with E-state index in [4.69, 9.17) is 4.74 Å². The van der Waals surface area contributed by atoms with E-state index in [0.29, 0.717) is 43.4 Å². The van der Waals surface area contributed by atoms with Crippen LogP contribution in [0.15, 0.2) is 60.9 Å². The van der Waals surface area contributed by atoms with Gasteiger partial charge in [-0.3, -0.25) is 0 Å². The standard InChI is InChI=1S/C25H25FN4O3/c1-2-30-16-17(20-5-3-4-6-23(20)30)7-12-22-21(24(31)32)15-28-25(29-22)27-13-14-33-19-10-8-18(26)9-11-19/h3-6,8-11,15-16H,2,7,12-14H2,1H3,(H,31,32)(H,27,28,29). The molecule has 170 valence electrons. The molecular formula is C25H25FN4O3. The summed E-state index contributed by atoms with van der Waals surface area (Å²) in [5.41, 5.74) is 2.90. The molecule has 0 aliphatic rings. The SMILES string of the molecule is CCn1cc(CCc2nc(NCCOc3ccc(F)cc3)ncc2C(=O)O)c2ccccc21. The second kappa shape index (κ2) is 10.1. The Morgan fingerprint density at radius 1 is 1.15 bits per heavy atom. The van der Waals surface area contributed by atoms with Gasteiger partial charge in [0.15, 0.2) is 0 Å². The quantitative estimate of drug-likeness (QED) is 0.346. The van der Waals surface area contributed by atoms with Crippen molar-refractivity contribution < 1.29 is 19.0 Å². The molecule has 0 spiro atoms. The maximum absolute atomic E-state index is 13.0. The summed E-state index contributed by atoms with van der Waals surface area (Å²) in [6.07, 6.45) is 4.60. The predicted molar refractivity (Wildman–Crippen MR) is 124 cm³/mol. The molecule has 2 N–H and O–H groups in total. The summed E-state index contributed by atoms with van der Waals surface area (Å²) < 4.78 is 20.7. The molecule has 8 heteroatoms. The molecule has 2 aromatic heterocycles. The Hall–Kier alpha value is -3.94. The molecule has 2 heterocycles. The molecule has 0 radical (unpaired) electrons. The first kappa shape index (κ1) is 22.3. The van der Waals surface area contributed by atoms with Crippen LogP contribution in [0.4, 0.5) is 10.3 Å². The molecule has 0 bridgehead atoms. The fourth-order valence-electron chi connectivity index (χ4n) is 3.77. The number of nitrogens with one attached hydrogen (secondary N) is 1. The molecule has 0 amide bonds. The van der Waals surface area contributed by atoms with E-state index in [1.54, 1.807) is 12.1 Å². The van der Waals surface area contributed by atoms with Crippen LogP contribution in [0.3, 0.4) is 0 Å². The van der Waals surface area contributed by atoms with Gasteiger partial charge in [0.25, 0.3) is 0 Å². The van der Waals surface area contributed by atoms with Crippen molar-refractivity contribution >= 4 is 22.8 Å². The largest absolute Gasteiger partial charge is 0.492 e. The predicted octanol–water partition coefficient (Wildman–Crippen LogP) is 4.56. The van der Waals surface area contributed by atoms with Crippen molar-refractivity contribution in [2.45, 2.75) is 26.3 Å². The Balaban J connectivity index is 1.43. The zero-order chi connectivity index (χ0) is 23.2. The summed E-state index contributed by atoms with van der Waals surface area (Å²) in [6.45, 7) is 3.69. The Morgan fingerprint density at radius 2 is 1.94 bits per heavy atom. The number of carbonyl (C=O) groups is 1. The van der Waals surface area contributed by atoms with Crippen LogP contribution >= 0.6 is 0 Å². The number of aromatic nitrogens is 3. The maximum Gasteiger partial charge on any atom is 0.339 e. The molecule has 0 saturated heterocycles. The van der Waals surface area contributed by atoms with Gasteiger partial charge in [-0.25, -0.2) is 19.2 Å². The summed E-state index contributed by atoms with van der Waals surface area (Å²) in [4.78, 5) is 20.3. The Bertz CT molecular complexity index is 1250. The van der Waals surface area contributed by atoms with Gasteiger partial charge in [-0.05, 0) is 55.7 Å². The Morgan fingerprint density at radius 3 is 2.70 bits per heavy atom. The van der Waals surface area contributed by atoms with E-state index in [0.717, 1.165) is 12.1 Å². The molecule has 0 fully saturated rings. The van der Waals surface area contributed by atoms with Crippen LogP contribution in [0.5, 0.6) is 5.75 Å². The van der Waals surface area contributed by atoms with Gasteiger partial charge in [0.2, 0.25) is 5.95 Å². The molecule has 0 aliphatic carbocycles. The smallest absolute Gasteiger partial charge is 0.339 e. The van der Waals surface area contributed by atoms with Crippen molar-refractivity contribution in [2.75, 3.05) is 18.5 Å². The molecule has 4 rings (SSSR count). The number of hydrogen-bond donors (Lipinski definition) is 2. The fourth-order valence-corrected chi connectivity index (χ4v) is 3.77. The van der Waals surface area contributed by atoms with Crippen LogP contribution in [0.25, 0.3) is 10.9 Å². The minimum absolute atomic E-state index is 0.0994. The summed E-state index contributed by atoms with van der Waals surface area (Å²) in [5, 5.41) is 13.8. The number of halogens is 1. The lowest BCUT2D eigenvalue weighted by molar-refractivity contribution is 0.0694. The molecule has 4 aromatic rings. The Labute approximate surface area is 190 Å². The van der Waals surface area contributed by atoms with Gasteiger partial charge in [0.05, 0.1) is 17.8 Å². The number of hydrogen-bond acceptors (Lipinski definition) is 5. The van der Waals surface area contributed by atoms with Gasteiger partial charge >= 0.3 is 5.97 Å². The van der Waals surface area contributed by atoms with Crippen molar-refractivity contribution in [1.29, 1.82) is 0 Å². The van der Waals surface area contributed by atoms with E-state index < -0.39 is 5.97 Å². The fraction of sp³-hybridized carbons (Fsp3) is 0.240. The first-order valence-electron chi connectivity index (χ1n) is 10.8. The number of benzene rings is 2. The molecule has 0 aliphatic heterocycles. The highest BCUT2D eigenvalue weighted by Crippen LogP contribution is 2.23. The molecule has 0 saturated carbocycles. The summed E-state index contributed by atoms with van der Waals surface area (Å²) in [7, 11) is 0. The zero-order valence-electron chi connectivity index (χ0n) is 18.3. The van der Waals surface area contributed by atoms with Gasteiger partial charge in [-0.15, -0.1) is 0 Å². The van der Waals surface area contributed by atoms with Crippen molar-refractivity contribution in [2.24, 2.45) is 0 Å². The number of para-hydroxylation sites is 1. The normalized spacial score (nSPS) is 11.0. The number of ether oxygens (including phenoxy) is 1. The lowest BCUT2D eigenvalue weighted by Gasteiger charge is -2.10. The van der Waals surface area contributed by atoms with Crippen molar-refractivity contribution in [3.8, 4) is 5.75 Å². The number of nitrogens with zero attached hydrogens (tertiary/aromatic N) is 3. The third-order valence-corrected chi connectivity index (χ3v) is 5.41. The lowest BCUT2D eigenvalue weighted by Crippen LogP contribution is -2.15. The molecule has 2 aromatic carbocycles. The van der Waals surface area contributed by atoms with Crippen molar-refractivity contribution in [3.63, 3.8) is 0 Å². The summed E-state index contributed by atoms with van der Waals surface area (Å²) in [5.74, 6) is -0.465. The third-order valence-electron chi connectivity index (χ3n) is 5.41. The maximum atomic E-state index is 13.0. The van der Waals surface area contributed by atoms with Gasteiger partial charge in [0.1, 0.15) is 18.2 Å². The highest BCUT2D eigenvalue weighted by atomic mass is 19.1. The first-order chi connectivity index (χ1) is 16.0. The van der Waals surface area contributed by atoms with E-state index in [1.165, 1.54) is 29.2 Å². The molecule has 0 unspecified atom stereocenters. The van der Waals surface area contributed by atoms with Gasteiger partial charge in [0, 0.05) is 29.8 Å². The average molecular weight is 448 g/mol. The topological polar surface area (TPSA) is 89.3 Å². The number of aryl methyl sites for hydroxylation is 3. The summed E-state index contributed by atoms with van der Waals surface area (Å²) >= 11 is 0. The monoisotopic (exact) mass is 448 g/mol. The highest BCUT2D eigenvalue weighted by molar-refractivity contribution is 5.88. The number of rotatable bonds is 10. The molecular weight excluding hydrogens is 423 g/mol. The van der Waals surface area contributed by atoms with E-state index in [2.05, 4.69) is 45.1 Å². The molecule has 7 nitrogen and oxygen atoms in total. The first-order valence-corrected chi connectivity index (χ1v) is 10.8. The molecule has 33 heavy (non-hydrogen) atoms. The minimum atomic E-state index is -1.05. The minimum Gasteiger partial charge on any atom is -0.492 e. The Kier molecular flexibility index (Phi) is 6.83. The number of carboxylic acids is 1. The van der Waals surface area contributed by atoms with Crippen LogP contribution in [-0.4, -0.2) is 38.8 Å². The zero-order valence-corrected chi connectivity index (χ0v) is 18.3. The second-order valence-electron chi connectivity index (χ2n) is 7.55. The molecule has 0 atom stereocenters. The lowest BCUT2D eigenvalue weighted by atomic mass is 10.0. The van der Waals surface area contributed by atoms with Gasteiger partial charge in [-0.1, -0.05) is 18.2 Å². The van der Waals surface area contributed by atoms with Crippen LogP contribution in [0.2, 0.25) is 0 Å². The van der Waals surface area contributed by atoms with E-state index >= 15 is 0 Å². The van der Waals surface area contributed by atoms with Crippen LogP contribution in [0.1, 0.15) is 28.5 Å². The van der Waals surface area contributed by atoms with E-state index in [-0.39, 0.29) is 11.4 Å². The van der Waals surface area contributed by atoms with Crippen LogP contribution in [-0.2, 0) is 19.4 Å². The van der Waals surface area contributed by atoms with E-state index in [1.807, 2.05) is 12.1 Å². The number of anilines is 1.